The Kier molecular flexibility index (Phi) is 4.69. The number of hydrogen-bond donors (Lipinski definition) is 1. The predicted octanol–water partition coefficient (Wildman–Crippen LogP) is 2.28. The molecular formula is C11H19NS. The molecule has 0 aromatic carbocycles. The van der Waals surface area contributed by atoms with E-state index < -0.39 is 0 Å². The lowest BCUT2D eigenvalue weighted by Gasteiger charge is -2.40. The zero-order chi connectivity index (χ0) is 9.57. The van der Waals surface area contributed by atoms with Crippen LogP contribution in [0.4, 0.5) is 0 Å². The van der Waals surface area contributed by atoms with Gasteiger partial charge in [0.25, 0.3) is 0 Å². The van der Waals surface area contributed by atoms with Crippen LogP contribution in [-0.2, 0) is 0 Å². The van der Waals surface area contributed by atoms with Crippen molar-refractivity contribution in [1.29, 1.82) is 0 Å². The molecule has 0 spiro atoms. The quantitative estimate of drug-likeness (QED) is 0.536. The molecule has 1 saturated carbocycles. The van der Waals surface area contributed by atoms with E-state index in [0.29, 0.717) is 4.75 Å². The largest absolute Gasteiger partial charge is 0.314 e. The second-order valence-electron chi connectivity index (χ2n) is 3.59. The van der Waals surface area contributed by atoms with Crippen LogP contribution in [0.5, 0.6) is 0 Å². The maximum atomic E-state index is 3.49. The number of nitrogens with one attached hydrogen (secondary N) is 1. The van der Waals surface area contributed by atoms with Gasteiger partial charge in [-0.3, -0.25) is 0 Å². The first-order chi connectivity index (χ1) is 6.33. The van der Waals surface area contributed by atoms with E-state index in [4.69, 9.17) is 0 Å². The minimum Gasteiger partial charge on any atom is -0.314 e. The molecule has 0 saturated heterocycles. The Morgan fingerprint density at radius 3 is 2.69 bits per heavy atom. The SMILES string of the molecule is CC#CCCNCC1(SC)CCC1. The highest BCUT2D eigenvalue weighted by molar-refractivity contribution is 8.00. The molecule has 0 unspecified atom stereocenters. The smallest absolute Gasteiger partial charge is 0.0281 e. The highest BCUT2D eigenvalue weighted by Gasteiger charge is 2.35. The molecule has 2 heteroatoms. The molecule has 1 N–H and O–H groups in total. The summed E-state index contributed by atoms with van der Waals surface area (Å²) in [7, 11) is 0. The summed E-state index contributed by atoms with van der Waals surface area (Å²) in [6.45, 7) is 4.11. The number of rotatable bonds is 5. The van der Waals surface area contributed by atoms with E-state index in [0.717, 1.165) is 13.0 Å². The van der Waals surface area contributed by atoms with Crippen molar-refractivity contribution < 1.29 is 0 Å². The van der Waals surface area contributed by atoms with Gasteiger partial charge in [-0.25, -0.2) is 0 Å². The van der Waals surface area contributed by atoms with Crippen molar-refractivity contribution in [3.8, 4) is 11.8 Å². The monoisotopic (exact) mass is 197 g/mol. The van der Waals surface area contributed by atoms with Gasteiger partial charge in [0.05, 0.1) is 0 Å². The Bertz CT molecular complexity index is 192. The summed E-state index contributed by atoms with van der Waals surface area (Å²) in [6, 6.07) is 0. The molecule has 74 valence electrons. The average molecular weight is 197 g/mol. The van der Waals surface area contributed by atoms with Crippen LogP contribution in [-0.4, -0.2) is 24.1 Å². The van der Waals surface area contributed by atoms with Crippen LogP contribution in [0.2, 0.25) is 0 Å². The van der Waals surface area contributed by atoms with Gasteiger partial charge in [0.2, 0.25) is 0 Å². The van der Waals surface area contributed by atoms with Crippen molar-refractivity contribution in [3.05, 3.63) is 0 Å². The van der Waals surface area contributed by atoms with Gasteiger partial charge in [0.1, 0.15) is 0 Å². The van der Waals surface area contributed by atoms with Gasteiger partial charge in [-0.15, -0.1) is 11.8 Å². The van der Waals surface area contributed by atoms with Crippen LogP contribution in [0.25, 0.3) is 0 Å². The molecule has 0 aromatic rings. The third kappa shape index (κ3) is 3.25. The van der Waals surface area contributed by atoms with E-state index >= 15 is 0 Å². The molecule has 0 atom stereocenters. The summed E-state index contributed by atoms with van der Waals surface area (Å²) in [4.78, 5) is 0. The fourth-order valence-electron chi connectivity index (χ4n) is 1.62. The first-order valence-corrected chi connectivity index (χ1v) is 6.21. The lowest BCUT2D eigenvalue weighted by Crippen LogP contribution is -2.43. The van der Waals surface area contributed by atoms with E-state index in [9.17, 15) is 0 Å². The van der Waals surface area contributed by atoms with Gasteiger partial charge in [-0.05, 0) is 26.0 Å². The molecule has 1 aliphatic carbocycles. The second-order valence-corrected chi connectivity index (χ2v) is 4.87. The standard InChI is InChI=1S/C11H19NS/c1-3-4-5-9-12-10-11(13-2)7-6-8-11/h12H,5-10H2,1-2H3. The van der Waals surface area contributed by atoms with Gasteiger partial charge >= 0.3 is 0 Å². The van der Waals surface area contributed by atoms with E-state index in [-0.39, 0.29) is 0 Å². The molecule has 0 heterocycles. The first kappa shape index (κ1) is 10.9. The Balaban J connectivity index is 2.06. The fourth-order valence-corrected chi connectivity index (χ4v) is 2.56. The van der Waals surface area contributed by atoms with Crippen molar-refractivity contribution >= 4 is 11.8 Å². The molecule has 0 aromatic heterocycles. The van der Waals surface area contributed by atoms with E-state index in [2.05, 4.69) is 23.4 Å². The van der Waals surface area contributed by atoms with Gasteiger partial charge in [0, 0.05) is 24.3 Å². The normalized spacial score (nSPS) is 18.6. The average Bonchev–Trinajstić information content (AvgIpc) is 2.09. The van der Waals surface area contributed by atoms with Gasteiger partial charge in [-0.1, -0.05) is 6.42 Å². The van der Waals surface area contributed by atoms with Crippen LogP contribution >= 0.6 is 11.8 Å². The molecule has 0 amide bonds. The van der Waals surface area contributed by atoms with Gasteiger partial charge in [-0.2, -0.15) is 11.8 Å². The summed E-state index contributed by atoms with van der Waals surface area (Å²) >= 11 is 2.02. The fraction of sp³-hybridized carbons (Fsp3) is 0.818. The van der Waals surface area contributed by atoms with Crippen molar-refractivity contribution in [2.24, 2.45) is 0 Å². The molecule has 1 fully saturated rings. The molecule has 1 rings (SSSR count). The Hall–Kier alpha value is -0.130. The van der Waals surface area contributed by atoms with Crippen LogP contribution in [0.15, 0.2) is 0 Å². The number of hydrogen-bond acceptors (Lipinski definition) is 2. The molecule has 0 radical (unpaired) electrons. The van der Waals surface area contributed by atoms with Crippen LogP contribution < -0.4 is 5.32 Å². The highest BCUT2D eigenvalue weighted by atomic mass is 32.2. The van der Waals surface area contributed by atoms with E-state index in [1.165, 1.54) is 25.8 Å². The Labute approximate surface area is 86.1 Å². The minimum atomic E-state index is 0.569. The maximum Gasteiger partial charge on any atom is 0.0281 e. The molecule has 0 aliphatic heterocycles. The predicted molar refractivity (Wildman–Crippen MR) is 61.0 cm³/mol. The zero-order valence-electron chi connectivity index (χ0n) is 8.65. The van der Waals surface area contributed by atoms with Crippen molar-refractivity contribution in [1.82, 2.24) is 5.32 Å². The topological polar surface area (TPSA) is 12.0 Å². The van der Waals surface area contributed by atoms with Gasteiger partial charge in [0.15, 0.2) is 0 Å². The summed E-state index contributed by atoms with van der Waals surface area (Å²) in [5, 5.41) is 3.49. The molecular weight excluding hydrogens is 178 g/mol. The van der Waals surface area contributed by atoms with Crippen LogP contribution in [0, 0.1) is 11.8 Å². The maximum absolute atomic E-state index is 3.49. The van der Waals surface area contributed by atoms with Gasteiger partial charge < -0.3 is 5.32 Å². The summed E-state index contributed by atoms with van der Waals surface area (Å²) in [5.74, 6) is 5.98. The molecule has 1 aliphatic rings. The van der Waals surface area contributed by atoms with Crippen molar-refractivity contribution in [3.63, 3.8) is 0 Å². The molecule has 13 heavy (non-hydrogen) atoms. The first-order valence-electron chi connectivity index (χ1n) is 4.98. The van der Waals surface area contributed by atoms with Crippen LogP contribution in [0.1, 0.15) is 32.6 Å². The lowest BCUT2D eigenvalue weighted by molar-refractivity contribution is 0.347. The Morgan fingerprint density at radius 2 is 2.23 bits per heavy atom. The number of thioether (sulfide) groups is 1. The summed E-state index contributed by atoms with van der Waals surface area (Å²) in [5.41, 5.74) is 0. The molecule has 1 nitrogen and oxygen atoms in total. The summed E-state index contributed by atoms with van der Waals surface area (Å²) in [6.07, 6.45) is 7.41. The van der Waals surface area contributed by atoms with Crippen molar-refractivity contribution in [2.75, 3.05) is 19.3 Å². The lowest BCUT2D eigenvalue weighted by atomic mass is 9.84. The van der Waals surface area contributed by atoms with E-state index in [1.807, 2.05) is 18.7 Å². The third-order valence-corrected chi connectivity index (χ3v) is 4.17. The third-order valence-electron chi connectivity index (χ3n) is 2.75. The Morgan fingerprint density at radius 1 is 1.46 bits per heavy atom. The second kappa shape index (κ2) is 5.57. The van der Waals surface area contributed by atoms with Crippen molar-refractivity contribution in [2.45, 2.75) is 37.4 Å². The summed E-state index contributed by atoms with van der Waals surface area (Å²) < 4.78 is 0.569. The minimum absolute atomic E-state index is 0.569. The zero-order valence-corrected chi connectivity index (χ0v) is 9.47. The van der Waals surface area contributed by atoms with Crippen LogP contribution in [0.3, 0.4) is 0 Å². The molecule has 0 bridgehead atoms. The highest BCUT2D eigenvalue weighted by Crippen LogP contribution is 2.41. The van der Waals surface area contributed by atoms with E-state index in [1.54, 1.807) is 0 Å².